The Labute approximate surface area is 131 Å². The Kier molecular flexibility index (Phi) is 3.00. The topological polar surface area (TPSA) is 111 Å². The van der Waals surface area contributed by atoms with Crippen LogP contribution in [-0.2, 0) is 6.54 Å². The number of benzene rings is 1. The molecule has 0 amide bonds. The third-order valence-corrected chi connectivity index (χ3v) is 3.62. The molecule has 0 saturated carbocycles. The van der Waals surface area contributed by atoms with Gasteiger partial charge in [-0.05, 0) is 18.6 Å². The van der Waals surface area contributed by atoms with E-state index in [0.29, 0.717) is 17.9 Å². The largest absolute Gasteiger partial charge is 0.368 e. The molecule has 3 aromatic heterocycles. The number of nitrogens with two attached hydrogens (primary N) is 1. The number of aromatic amines is 1. The average Bonchev–Trinajstić information content (AvgIpc) is 3.20. The van der Waals surface area contributed by atoms with Crippen molar-refractivity contribution in [1.29, 1.82) is 0 Å². The van der Waals surface area contributed by atoms with E-state index in [1.807, 2.05) is 37.4 Å². The van der Waals surface area contributed by atoms with Crippen LogP contribution in [0.2, 0.25) is 0 Å². The molecule has 0 aliphatic rings. The van der Waals surface area contributed by atoms with Gasteiger partial charge in [-0.3, -0.25) is 5.10 Å². The number of para-hydroxylation sites is 1. The Morgan fingerprint density at radius 1 is 1.22 bits per heavy atom. The molecule has 3 N–H and O–H groups in total. The maximum Gasteiger partial charge on any atom is 0.221 e. The maximum atomic E-state index is 5.86. The lowest BCUT2D eigenvalue weighted by atomic mass is 10.1. The van der Waals surface area contributed by atoms with Crippen LogP contribution in [0.5, 0.6) is 0 Å². The average molecular weight is 306 g/mol. The highest BCUT2D eigenvalue weighted by atomic mass is 15.4. The third-order valence-electron chi connectivity index (χ3n) is 3.62. The minimum Gasteiger partial charge on any atom is -0.368 e. The molecule has 0 aliphatic carbocycles. The van der Waals surface area contributed by atoms with Crippen molar-refractivity contribution in [2.45, 2.75) is 13.5 Å². The van der Waals surface area contributed by atoms with Gasteiger partial charge in [0, 0.05) is 11.6 Å². The normalized spacial score (nSPS) is 11.2. The Morgan fingerprint density at radius 3 is 2.96 bits per heavy atom. The summed E-state index contributed by atoms with van der Waals surface area (Å²) >= 11 is 0. The number of fused-ring (bicyclic) bond motifs is 1. The van der Waals surface area contributed by atoms with Crippen LogP contribution in [0.4, 0.5) is 5.95 Å². The Balaban J connectivity index is 1.80. The first-order chi connectivity index (χ1) is 11.2. The van der Waals surface area contributed by atoms with Crippen molar-refractivity contribution < 1.29 is 0 Å². The molecule has 4 aromatic rings. The molecule has 3 heterocycles. The molecule has 0 saturated heterocycles. The summed E-state index contributed by atoms with van der Waals surface area (Å²) in [4.78, 5) is 8.68. The molecule has 0 aliphatic heterocycles. The van der Waals surface area contributed by atoms with Crippen LogP contribution in [0.3, 0.4) is 0 Å². The number of hydrogen-bond donors (Lipinski definition) is 2. The SMILES string of the molecule is Cc1cccc2c(-c3cn(Cc4ccn[nH]4)nn3)nc(N)nc12. The van der Waals surface area contributed by atoms with Gasteiger partial charge in [-0.1, -0.05) is 23.4 Å². The van der Waals surface area contributed by atoms with E-state index in [1.165, 1.54) is 0 Å². The standard InChI is InChI=1S/C15H14N8/c1-9-3-2-4-11-13(9)18-15(16)19-14(11)12-8-23(22-21-12)7-10-5-6-17-20-10/h2-6,8H,7H2,1H3,(H,17,20)(H2,16,18,19). The van der Waals surface area contributed by atoms with Crippen molar-refractivity contribution in [2.24, 2.45) is 0 Å². The molecule has 0 fully saturated rings. The van der Waals surface area contributed by atoms with E-state index in [0.717, 1.165) is 22.2 Å². The van der Waals surface area contributed by atoms with E-state index in [-0.39, 0.29) is 5.95 Å². The van der Waals surface area contributed by atoms with Gasteiger partial charge in [-0.15, -0.1) is 5.10 Å². The number of nitrogens with one attached hydrogen (secondary N) is 1. The van der Waals surface area contributed by atoms with Crippen LogP contribution < -0.4 is 5.73 Å². The Hall–Kier alpha value is -3.29. The number of aromatic nitrogens is 7. The smallest absolute Gasteiger partial charge is 0.221 e. The van der Waals surface area contributed by atoms with Crippen molar-refractivity contribution in [1.82, 2.24) is 35.2 Å². The first-order valence-electron chi connectivity index (χ1n) is 7.12. The summed E-state index contributed by atoms with van der Waals surface area (Å²) in [5, 5.41) is 16.1. The number of anilines is 1. The maximum absolute atomic E-state index is 5.86. The molecular weight excluding hydrogens is 292 g/mol. The molecule has 8 nitrogen and oxygen atoms in total. The van der Waals surface area contributed by atoms with Gasteiger partial charge < -0.3 is 5.73 Å². The zero-order valence-corrected chi connectivity index (χ0v) is 12.4. The number of nitrogen functional groups attached to an aromatic ring is 1. The summed E-state index contributed by atoms with van der Waals surface area (Å²) in [5.41, 5.74) is 10.0. The second-order valence-electron chi connectivity index (χ2n) is 5.28. The van der Waals surface area contributed by atoms with Gasteiger partial charge in [-0.2, -0.15) is 5.10 Å². The predicted octanol–water partition coefficient (Wildman–Crippen LogP) is 1.55. The van der Waals surface area contributed by atoms with E-state index in [9.17, 15) is 0 Å². The zero-order valence-electron chi connectivity index (χ0n) is 12.4. The van der Waals surface area contributed by atoms with Gasteiger partial charge in [0.15, 0.2) is 0 Å². The number of H-pyrrole nitrogens is 1. The zero-order chi connectivity index (χ0) is 15.8. The van der Waals surface area contributed by atoms with E-state index in [2.05, 4.69) is 30.5 Å². The molecule has 4 rings (SSSR count). The van der Waals surface area contributed by atoms with E-state index in [1.54, 1.807) is 10.9 Å². The highest BCUT2D eigenvalue weighted by Crippen LogP contribution is 2.26. The lowest BCUT2D eigenvalue weighted by Gasteiger charge is -2.06. The minimum atomic E-state index is 0.227. The van der Waals surface area contributed by atoms with E-state index >= 15 is 0 Å². The highest BCUT2D eigenvalue weighted by molar-refractivity contribution is 5.93. The molecule has 0 bridgehead atoms. The lowest BCUT2D eigenvalue weighted by Crippen LogP contribution is -2.00. The fraction of sp³-hybridized carbons (Fsp3) is 0.133. The summed E-state index contributed by atoms with van der Waals surface area (Å²) in [6.07, 6.45) is 3.54. The van der Waals surface area contributed by atoms with Gasteiger partial charge in [-0.25, -0.2) is 14.6 Å². The minimum absolute atomic E-state index is 0.227. The van der Waals surface area contributed by atoms with Gasteiger partial charge in [0.1, 0.15) is 11.4 Å². The summed E-state index contributed by atoms with van der Waals surface area (Å²) < 4.78 is 1.72. The molecule has 0 unspecified atom stereocenters. The van der Waals surface area contributed by atoms with E-state index in [4.69, 9.17) is 5.73 Å². The van der Waals surface area contributed by atoms with Gasteiger partial charge in [0.25, 0.3) is 0 Å². The molecule has 0 radical (unpaired) electrons. The molecule has 23 heavy (non-hydrogen) atoms. The molecule has 0 spiro atoms. The predicted molar refractivity (Wildman–Crippen MR) is 85.4 cm³/mol. The fourth-order valence-corrected chi connectivity index (χ4v) is 2.54. The first kappa shape index (κ1) is 13.4. The first-order valence-corrected chi connectivity index (χ1v) is 7.12. The molecule has 0 atom stereocenters. The van der Waals surface area contributed by atoms with E-state index < -0.39 is 0 Å². The van der Waals surface area contributed by atoms with Crippen molar-refractivity contribution in [2.75, 3.05) is 5.73 Å². The summed E-state index contributed by atoms with van der Waals surface area (Å²) in [7, 11) is 0. The van der Waals surface area contributed by atoms with Crippen molar-refractivity contribution in [3.63, 3.8) is 0 Å². The van der Waals surface area contributed by atoms with Crippen LogP contribution in [0.1, 0.15) is 11.3 Å². The van der Waals surface area contributed by atoms with Crippen molar-refractivity contribution in [3.05, 3.63) is 47.9 Å². The second-order valence-corrected chi connectivity index (χ2v) is 5.28. The fourth-order valence-electron chi connectivity index (χ4n) is 2.54. The van der Waals surface area contributed by atoms with Crippen LogP contribution >= 0.6 is 0 Å². The highest BCUT2D eigenvalue weighted by Gasteiger charge is 2.13. The molecular formula is C15H14N8. The number of rotatable bonds is 3. The lowest BCUT2D eigenvalue weighted by molar-refractivity contribution is 0.637. The van der Waals surface area contributed by atoms with Crippen LogP contribution in [0.15, 0.2) is 36.7 Å². The molecule has 1 aromatic carbocycles. The summed E-state index contributed by atoms with van der Waals surface area (Å²) in [5.74, 6) is 0.227. The van der Waals surface area contributed by atoms with Crippen LogP contribution in [0.25, 0.3) is 22.3 Å². The van der Waals surface area contributed by atoms with Gasteiger partial charge >= 0.3 is 0 Å². The quantitative estimate of drug-likeness (QED) is 0.594. The van der Waals surface area contributed by atoms with Crippen molar-refractivity contribution in [3.8, 4) is 11.4 Å². The van der Waals surface area contributed by atoms with Crippen LogP contribution in [-0.4, -0.2) is 35.2 Å². The number of hydrogen-bond acceptors (Lipinski definition) is 6. The number of nitrogens with zero attached hydrogens (tertiary/aromatic N) is 6. The van der Waals surface area contributed by atoms with Crippen molar-refractivity contribution >= 4 is 16.9 Å². The van der Waals surface area contributed by atoms with Gasteiger partial charge in [0.2, 0.25) is 5.95 Å². The Morgan fingerprint density at radius 2 is 2.13 bits per heavy atom. The van der Waals surface area contributed by atoms with Gasteiger partial charge in [0.05, 0.1) is 24.0 Å². The third kappa shape index (κ3) is 2.39. The number of aryl methyl sites for hydroxylation is 1. The monoisotopic (exact) mass is 306 g/mol. The molecule has 8 heteroatoms. The second kappa shape index (κ2) is 5.16. The van der Waals surface area contributed by atoms with Crippen LogP contribution in [0, 0.1) is 6.92 Å². The summed E-state index contributed by atoms with van der Waals surface area (Å²) in [6.45, 7) is 2.55. The molecule has 114 valence electrons. The summed E-state index contributed by atoms with van der Waals surface area (Å²) in [6, 6.07) is 7.82. The Bertz CT molecular complexity index is 970.